The van der Waals surface area contributed by atoms with E-state index in [9.17, 15) is 19.2 Å². The van der Waals surface area contributed by atoms with E-state index in [0.29, 0.717) is 52.1 Å². The standard InChI is InChI=1S/C42H82O9Si2/c1-7-9-11-13-15-17-23-33-47-39(43)29-21-19-25-35-49-41(45)31-27-37-52(3,4)51-53(5,6)38-28-32-42(46)50-36-26-20-22-30-40(44)48-34-24-18-16-14-12-10-8-2/h7-38H2,1-6H3. The van der Waals surface area contributed by atoms with E-state index in [1.807, 2.05) is 0 Å². The minimum Gasteiger partial charge on any atom is -0.466 e. The van der Waals surface area contributed by atoms with Crippen molar-refractivity contribution in [3.8, 4) is 0 Å². The SMILES string of the molecule is CCCCCCCCCOC(=O)CCCCCOC(=O)CCC[Si](C)(C)O[Si](C)(C)CCCC(=O)OCCCCCC(=O)OCCCCCCCCC. The molecule has 0 aromatic carbocycles. The highest BCUT2D eigenvalue weighted by Crippen LogP contribution is 2.25. The lowest BCUT2D eigenvalue weighted by molar-refractivity contribution is -0.145. The second kappa shape index (κ2) is 34.7. The van der Waals surface area contributed by atoms with Crippen molar-refractivity contribution >= 4 is 40.5 Å². The van der Waals surface area contributed by atoms with E-state index in [2.05, 4.69) is 40.0 Å². The largest absolute Gasteiger partial charge is 0.466 e. The fourth-order valence-corrected chi connectivity index (χ4v) is 15.3. The Morgan fingerprint density at radius 3 is 0.887 bits per heavy atom. The van der Waals surface area contributed by atoms with Crippen molar-refractivity contribution in [1.82, 2.24) is 0 Å². The Bertz CT molecular complexity index is 854. The molecule has 11 heteroatoms. The second-order valence-corrected chi connectivity index (χ2v) is 24.9. The number of esters is 4. The lowest BCUT2D eigenvalue weighted by Crippen LogP contribution is -2.44. The minimum absolute atomic E-state index is 0.126. The van der Waals surface area contributed by atoms with Gasteiger partial charge in [-0.1, -0.05) is 90.9 Å². The van der Waals surface area contributed by atoms with Gasteiger partial charge < -0.3 is 23.1 Å². The van der Waals surface area contributed by atoms with E-state index in [0.717, 1.165) is 89.1 Å². The highest BCUT2D eigenvalue weighted by Gasteiger charge is 2.32. The number of hydrogen-bond donors (Lipinski definition) is 0. The average molecular weight is 787 g/mol. The molecule has 9 nitrogen and oxygen atoms in total. The van der Waals surface area contributed by atoms with Crippen LogP contribution >= 0.6 is 0 Å². The van der Waals surface area contributed by atoms with Crippen molar-refractivity contribution in [2.45, 2.75) is 219 Å². The number of carbonyl (C=O) groups excluding carboxylic acids is 4. The molecule has 0 saturated heterocycles. The van der Waals surface area contributed by atoms with Crippen LogP contribution in [0.25, 0.3) is 0 Å². The maximum Gasteiger partial charge on any atom is 0.305 e. The van der Waals surface area contributed by atoms with Crippen molar-refractivity contribution in [3.05, 3.63) is 0 Å². The van der Waals surface area contributed by atoms with Gasteiger partial charge in [0.15, 0.2) is 16.6 Å². The van der Waals surface area contributed by atoms with Crippen LogP contribution in [0.15, 0.2) is 0 Å². The van der Waals surface area contributed by atoms with Crippen LogP contribution in [0, 0.1) is 0 Å². The number of ether oxygens (including phenoxy) is 4. The summed E-state index contributed by atoms with van der Waals surface area (Å²) in [4.78, 5) is 48.3. The van der Waals surface area contributed by atoms with E-state index in [4.69, 9.17) is 23.1 Å². The van der Waals surface area contributed by atoms with Gasteiger partial charge in [0.2, 0.25) is 0 Å². The van der Waals surface area contributed by atoms with Gasteiger partial charge in [0.05, 0.1) is 26.4 Å². The van der Waals surface area contributed by atoms with Crippen molar-refractivity contribution in [2.24, 2.45) is 0 Å². The Kier molecular flexibility index (Phi) is 33.6. The van der Waals surface area contributed by atoms with Gasteiger partial charge in [-0.15, -0.1) is 0 Å². The average Bonchev–Trinajstić information content (AvgIpc) is 3.09. The van der Waals surface area contributed by atoms with Crippen LogP contribution in [0.1, 0.15) is 181 Å². The first-order chi connectivity index (χ1) is 25.4. The molecule has 0 heterocycles. The van der Waals surface area contributed by atoms with Crippen LogP contribution in [-0.2, 0) is 42.2 Å². The maximum atomic E-state index is 12.3. The molecule has 0 rings (SSSR count). The van der Waals surface area contributed by atoms with Crippen LogP contribution in [0.5, 0.6) is 0 Å². The van der Waals surface area contributed by atoms with Crippen molar-refractivity contribution in [1.29, 1.82) is 0 Å². The molecule has 0 amide bonds. The predicted molar refractivity (Wildman–Crippen MR) is 221 cm³/mol. The number of carbonyl (C=O) groups is 4. The van der Waals surface area contributed by atoms with Crippen LogP contribution in [0.4, 0.5) is 0 Å². The molecule has 0 N–H and O–H groups in total. The molecule has 0 radical (unpaired) electrons. The molecule has 0 saturated carbocycles. The summed E-state index contributed by atoms with van der Waals surface area (Å²) in [5.41, 5.74) is 0. The lowest BCUT2D eigenvalue weighted by Gasteiger charge is -2.34. The van der Waals surface area contributed by atoms with Crippen LogP contribution in [-0.4, -0.2) is 66.9 Å². The summed E-state index contributed by atoms with van der Waals surface area (Å²) in [5, 5.41) is 0. The molecule has 53 heavy (non-hydrogen) atoms. The molecule has 0 aliphatic rings. The lowest BCUT2D eigenvalue weighted by atomic mass is 10.1. The van der Waals surface area contributed by atoms with Crippen molar-refractivity contribution < 1.29 is 42.2 Å². The van der Waals surface area contributed by atoms with Gasteiger partial charge >= 0.3 is 23.9 Å². The van der Waals surface area contributed by atoms with Gasteiger partial charge in [0, 0.05) is 25.7 Å². The van der Waals surface area contributed by atoms with Gasteiger partial charge in [0.25, 0.3) is 0 Å². The highest BCUT2D eigenvalue weighted by molar-refractivity contribution is 6.84. The first-order valence-electron chi connectivity index (χ1n) is 21.7. The Hall–Kier alpha value is -1.73. The quantitative estimate of drug-likeness (QED) is 0.0261. The smallest absolute Gasteiger partial charge is 0.305 e. The third-order valence-electron chi connectivity index (χ3n) is 9.47. The van der Waals surface area contributed by atoms with Crippen LogP contribution in [0.3, 0.4) is 0 Å². The zero-order chi connectivity index (χ0) is 39.5. The van der Waals surface area contributed by atoms with Crippen molar-refractivity contribution in [3.63, 3.8) is 0 Å². The van der Waals surface area contributed by atoms with Gasteiger partial charge in [-0.25, -0.2) is 0 Å². The molecule has 0 atom stereocenters. The molecule has 0 aliphatic heterocycles. The number of rotatable bonds is 38. The van der Waals surface area contributed by atoms with E-state index in [1.54, 1.807) is 0 Å². The highest BCUT2D eigenvalue weighted by atomic mass is 28.4. The van der Waals surface area contributed by atoms with E-state index in [1.165, 1.54) is 64.2 Å². The summed E-state index contributed by atoms with van der Waals surface area (Å²) in [6.07, 6.45) is 24.7. The molecule has 0 spiro atoms. The second-order valence-electron chi connectivity index (χ2n) is 16.1. The van der Waals surface area contributed by atoms with E-state index in [-0.39, 0.29) is 23.9 Å². The summed E-state index contributed by atoms with van der Waals surface area (Å²) in [7, 11) is -3.93. The fraction of sp³-hybridized carbons (Fsp3) is 0.905. The maximum absolute atomic E-state index is 12.3. The fourth-order valence-electron chi connectivity index (χ4n) is 6.41. The Balaban J connectivity index is 3.81. The summed E-state index contributed by atoms with van der Waals surface area (Å²) in [5.74, 6) is -0.593. The minimum atomic E-state index is -1.96. The molecule has 0 unspecified atom stereocenters. The van der Waals surface area contributed by atoms with Crippen LogP contribution in [0.2, 0.25) is 38.3 Å². The molecule has 0 bridgehead atoms. The Morgan fingerprint density at radius 1 is 0.340 bits per heavy atom. The first-order valence-corrected chi connectivity index (χ1v) is 28.0. The van der Waals surface area contributed by atoms with Gasteiger partial charge in [-0.05, 0) is 102 Å². The molecule has 0 aromatic heterocycles. The molecule has 312 valence electrons. The Labute approximate surface area is 327 Å². The zero-order valence-corrected chi connectivity index (χ0v) is 37.3. The van der Waals surface area contributed by atoms with E-state index < -0.39 is 16.6 Å². The third-order valence-corrected chi connectivity index (χ3v) is 17.0. The number of hydrogen-bond acceptors (Lipinski definition) is 9. The topological polar surface area (TPSA) is 114 Å². The molecule has 0 aliphatic carbocycles. The Morgan fingerprint density at radius 2 is 0.585 bits per heavy atom. The number of unbranched alkanes of at least 4 members (excludes halogenated alkanes) is 16. The summed E-state index contributed by atoms with van der Waals surface area (Å²) < 4.78 is 28.2. The molecular formula is C42H82O9Si2. The van der Waals surface area contributed by atoms with Crippen LogP contribution < -0.4 is 0 Å². The predicted octanol–water partition coefficient (Wildman–Crippen LogP) is 11.8. The summed E-state index contributed by atoms with van der Waals surface area (Å²) in [6.45, 7) is 15.1. The summed E-state index contributed by atoms with van der Waals surface area (Å²) in [6, 6.07) is 1.77. The summed E-state index contributed by atoms with van der Waals surface area (Å²) >= 11 is 0. The third kappa shape index (κ3) is 37.0. The van der Waals surface area contributed by atoms with Gasteiger partial charge in [0.1, 0.15) is 0 Å². The normalized spacial score (nSPS) is 11.7. The van der Waals surface area contributed by atoms with Gasteiger partial charge in [-0.2, -0.15) is 0 Å². The molecule has 0 aromatic rings. The zero-order valence-electron chi connectivity index (χ0n) is 35.3. The molecular weight excluding hydrogens is 705 g/mol. The first kappa shape index (κ1) is 51.3. The molecule has 0 fully saturated rings. The van der Waals surface area contributed by atoms with Crippen molar-refractivity contribution in [2.75, 3.05) is 26.4 Å². The monoisotopic (exact) mass is 787 g/mol. The van der Waals surface area contributed by atoms with Gasteiger partial charge in [-0.3, -0.25) is 19.2 Å². The van der Waals surface area contributed by atoms with E-state index >= 15 is 0 Å².